The zero-order valence-corrected chi connectivity index (χ0v) is 10.5. The molecule has 3 unspecified atom stereocenters. The van der Waals surface area contributed by atoms with Gasteiger partial charge in [-0.3, -0.25) is 0 Å². The van der Waals surface area contributed by atoms with E-state index in [9.17, 15) is 18.3 Å². The van der Waals surface area contributed by atoms with Crippen molar-refractivity contribution in [3.05, 3.63) is 0 Å². The minimum absolute atomic E-state index is 0.0109. The van der Waals surface area contributed by atoms with Gasteiger partial charge in [-0.15, -0.1) is 0 Å². The van der Waals surface area contributed by atoms with Gasteiger partial charge >= 0.3 is 6.18 Å². The highest BCUT2D eigenvalue weighted by Crippen LogP contribution is 2.29. The maximum atomic E-state index is 12.0. The van der Waals surface area contributed by atoms with Crippen molar-refractivity contribution in [2.75, 3.05) is 6.54 Å². The van der Waals surface area contributed by atoms with Crippen molar-refractivity contribution >= 4 is 0 Å². The second-order valence-electron chi connectivity index (χ2n) is 5.46. The van der Waals surface area contributed by atoms with E-state index in [4.69, 9.17) is 0 Å². The van der Waals surface area contributed by atoms with Crippen LogP contribution in [0.5, 0.6) is 0 Å². The fraction of sp³-hybridized carbons (Fsp3) is 1.00. The first-order chi connectivity index (χ1) is 7.71. The quantitative estimate of drug-likeness (QED) is 0.807. The van der Waals surface area contributed by atoms with E-state index in [0.29, 0.717) is 5.92 Å². The van der Waals surface area contributed by atoms with Crippen LogP contribution in [0.15, 0.2) is 0 Å². The summed E-state index contributed by atoms with van der Waals surface area (Å²) < 4.78 is 36.1. The molecular formula is C12H22F3NO. The van der Waals surface area contributed by atoms with Crippen molar-refractivity contribution in [1.29, 1.82) is 0 Å². The Morgan fingerprint density at radius 2 is 1.94 bits per heavy atom. The molecule has 3 atom stereocenters. The molecule has 0 aromatic rings. The third kappa shape index (κ3) is 5.25. The lowest BCUT2D eigenvalue weighted by Crippen LogP contribution is -2.52. The Bertz CT molecular complexity index is 240. The average molecular weight is 253 g/mol. The summed E-state index contributed by atoms with van der Waals surface area (Å²) in [6.07, 6.45) is -2.86. The molecule has 1 rings (SSSR count). The third-order valence-electron chi connectivity index (χ3n) is 3.56. The molecular weight excluding hydrogens is 231 g/mol. The molecule has 0 saturated carbocycles. The Hall–Kier alpha value is -0.290. The van der Waals surface area contributed by atoms with Crippen molar-refractivity contribution in [3.63, 3.8) is 0 Å². The van der Waals surface area contributed by atoms with Crippen LogP contribution >= 0.6 is 0 Å². The largest absolute Gasteiger partial charge is 0.389 e. The Kier molecular flexibility index (Phi) is 4.84. The van der Waals surface area contributed by atoms with Gasteiger partial charge in [-0.1, -0.05) is 6.92 Å². The zero-order chi connectivity index (χ0) is 13.1. The van der Waals surface area contributed by atoms with Gasteiger partial charge in [-0.2, -0.15) is 13.2 Å². The van der Waals surface area contributed by atoms with Crippen LogP contribution in [0, 0.1) is 5.92 Å². The average Bonchev–Trinajstić information content (AvgIpc) is 2.15. The predicted molar refractivity (Wildman–Crippen MR) is 60.7 cm³/mol. The van der Waals surface area contributed by atoms with Crippen molar-refractivity contribution in [3.8, 4) is 0 Å². The maximum Gasteiger partial charge on any atom is 0.389 e. The van der Waals surface area contributed by atoms with Crippen molar-refractivity contribution in [1.82, 2.24) is 5.32 Å². The van der Waals surface area contributed by atoms with E-state index in [-0.39, 0.29) is 18.9 Å². The third-order valence-corrected chi connectivity index (χ3v) is 3.56. The van der Waals surface area contributed by atoms with Gasteiger partial charge in [0.1, 0.15) is 0 Å². The Morgan fingerprint density at radius 1 is 1.29 bits per heavy atom. The molecule has 0 aliphatic carbocycles. The van der Waals surface area contributed by atoms with E-state index in [1.54, 1.807) is 6.92 Å². The second kappa shape index (κ2) is 5.57. The highest BCUT2D eigenvalue weighted by molar-refractivity contribution is 4.91. The molecule has 0 bridgehead atoms. The highest BCUT2D eigenvalue weighted by atomic mass is 19.4. The summed E-state index contributed by atoms with van der Waals surface area (Å²) in [6, 6.07) is -0.0838. The van der Waals surface area contributed by atoms with Gasteiger partial charge in [-0.05, 0) is 45.1 Å². The van der Waals surface area contributed by atoms with Gasteiger partial charge in [0.25, 0.3) is 0 Å². The first kappa shape index (κ1) is 14.8. The fourth-order valence-corrected chi connectivity index (χ4v) is 2.40. The van der Waals surface area contributed by atoms with Crippen LogP contribution in [0.1, 0.15) is 46.0 Å². The van der Waals surface area contributed by atoms with E-state index >= 15 is 0 Å². The Balaban J connectivity index is 2.39. The predicted octanol–water partition coefficient (Wildman–Crippen LogP) is 2.86. The summed E-state index contributed by atoms with van der Waals surface area (Å²) in [7, 11) is 0. The minimum Gasteiger partial charge on any atom is -0.389 e. The van der Waals surface area contributed by atoms with E-state index in [1.807, 2.05) is 0 Å². The molecule has 1 aliphatic heterocycles. The van der Waals surface area contributed by atoms with Gasteiger partial charge in [0.15, 0.2) is 0 Å². The number of hydrogen-bond acceptors (Lipinski definition) is 2. The summed E-state index contributed by atoms with van der Waals surface area (Å²) in [5.41, 5.74) is -1.04. The van der Waals surface area contributed by atoms with Gasteiger partial charge < -0.3 is 10.4 Å². The Morgan fingerprint density at radius 3 is 2.47 bits per heavy atom. The SMILES string of the molecule is CC1CCNC(C(C)(O)CCCC(F)(F)F)C1. The normalized spacial score (nSPS) is 30.0. The van der Waals surface area contributed by atoms with Crippen molar-refractivity contribution in [2.45, 2.75) is 63.8 Å². The van der Waals surface area contributed by atoms with Crippen LogP contribution in [0.2, 0.25) is 0 Å². The first-order valence-electron chi connectivity index (χ1n) is 6.23. The molecule has 1 heterocycles. The lowest BCUT2D eigenvalue weighted by Gasteiger charge is -2.38. The van der Waals surface area contributed by atoms with Crippen molar-refractivity contribution in [2.24, 2.45) is 5.92 Å². The molecule has 2 nitrogen and oxygen atoms in total. The minimum atomic E-state index is -4.12. The summed E-state index contributed by atoms with van der Waals surface area (Å²) in [5.74, 6) is 0.523. The zero-order valence-electron chi connectivity index (χ0n) is 10.5. The molecule has 0 aromatic carbocycles. The van der Waals surface area contributed by atoms with Crippen LogP contribution in [0.3, 0.4) is 0 Å². The standard InChI is InChI=1S/C12H22F3NO/c1-9-4-7-16-10(8-9)11(2,17)5-3-6-12(13,14)15/h9-10,16-17H,3-8H2,1-2H3. The highest BCUT2D eigenvalue weighted by Gasteiger charge is 2.35. The molecule has 5 heteroatoms. The second-order valence-corrected chi connectivity index (χ2v) is 5.46. The smallest absolute Gasteiger partial charge is 0.389 e. The number of rotatable bonds is 4. The molecule has 0 amide bonds. The van der Waals surface area contributed by atoms with E-state index in [0.717, 1.165) is 19.4 Å². The molecule has 102 valence electrons. The van der Waals surface area contributed by atoms with Crippen LogP contribution < -0.4 is 5.32 Å². The molecule has 0 radical (unpaired) electrons. The van der Waals surface area contributed by atoms with Gasteiger partial charge in [-0.25, -0.2) is 0 Å². The molecule has 17 heavy (non-hydrogen) atoms. The number of nitrogens with one attached hydrogen (secondary N) is 1. The van der Waals surface area contributed by atoms with E-state index in [1.165, 1.54) is 0 Å². The van der Waals surface area contributed by atoms with E-state index in [2.05, 4.69) is 12.2 Å². The summed E-state index contributed by atoms with van der Waals surface area (Å²) in [6.45, 7) is 4.58. The van der Waals surface area contributed by atoms with Gasteiger partial charge in [0.05, 0.1) is 5.60 Å². The lowest BCUT2D eigenvalue weighted by molar-refractivity contribution is -0.138. The van der Waals surface area contributed by atoms with Crippen LogP contribution in [-0.2, 0) is 0 Å². The molecule has 1 aliphatic rings. The number of piperidine rings is 1. The topological polar surface area (TPSA) is 32.3 Å². The Labute approximate surface area is 101 Å². The summed E-state index contributed by atoms with van der Waals surface area (Å²) in [4.78, 5) is 0. The number of alkyl halides is 3. The first-order valence-corrected chi connectivity index (χ1v) is 6.23. The number of halogens is 3. The van der Waals surface area contributed by atoms with Gasteiger partial charge in [0.2, 0.25) is 0 Å². The lowest BCUT2D eigenvalue weighted by atomic mass is 9.82. The molecule has 0 aromatic heterocycles. The van der Waals surface area contributed by atoms with Crippen molar-refractivity contribution < 1.29 is 18.3 Å². The van der Waals surface area contributed by atoms with Crippen LogP contribution in [-0.4, -0.2) is 29.5 Å². The summed E-state index contributed by atoms with van der Waals surface area (Å²) >= 11 is 0. The monoisotopic (exact) mass is 253 g/mol. The molecule has 2 N–H and O–H groups in total. The molecule has 1 saturated heterocycles. The van der Waals surface area contributed by atoms with E-state index < -0.39 is 18.2 Å². The molecule has 0 spiro atoms. The van der Waals surface area contributed by atoms with Crippen LogP contribution in [0.4, 0.5) is 13.2 Å². The van der Waals surface area contributed by atoms with Gasteiger partial charge in [0, 0.05) is 12.5 Å². The van der Waals surface area contributed by atoms with Crippen LogP contribution in [0.25, 0.3) is 0 Å². The fourth-order valence-electron chi connectivity index (χ4n) is 2.40. The summed E-state index contributed by atoms with van der Waals surface area (Å²) in [5, 5.41) is 13.4. The molecule has 1 fully saturated rings. The maximum absolute atomic E-state index is 12.0. The number of hydrogen-bond donors (Lipinski definition) is 2. The number of aliphatic hydroxyl groups is 1.